The van der Waals surface area contributed by atoms with Gasteiger partial charge >= 0.3 is 0 Å². The van der Waals surface area contributed by atoms with Gasteiger partial charge in [-0.25, -0.2) is 0 Å². The minimum absolute atomic E-state index is 0.0334. The van der Waals surface area contributed by atoms with Crippen LogP contribution < -0.4 is 5.73 Å². The van der Waals surface area contributed by atoms with Gasteiger partial charge in [-0.3, -0.25) is 4.79 Å². The molecule has 1 atom stereocenters. The van der Waals surface area contributed by atoms with Crippen LogP contribution in [0.4, 0.5) is 0 Å². The van der Waals surface area contributed by atoms with Gasteiger partial charge in [0.25, 0.3) is 5.91 Å². The molecule has 2 N–H and O–H groups in total. The molecule has 22 heavy (non-hydrogen) atoms. The summed E-state index contributed by atoms with van der Waals surface area (Å²) < 4.78 is 0. The quantitative estimate of drug-likeness (QED) is 0.916. The topological polar surface area (TPSA) is 46.3 Å². The second-order valence-corrected chi connectivity index (χ2v) is 5.92. The largest absolute Gasteiger partial charge is 0.334 e. The molecular weight excluding hydrogens is 272 g/mol. The molecule has 1 amide bonds. The number of hydrogen-bond acceptors (Lipinski definition) is 2. The number of hydrogen-bond donors (Lipinski definition) is 1. The summed E-state index contributed by atoms with van der Waals surface area (Å²) in [5.41, 5.74) is 8.49. The molecule has 2 rings (SSSR count). The van der Waals surface area contributed by atoms with E-state index in [1.807, 2.05) is 54.4 Å². The van der Waals surface area contributed by atoms with Crippen molar-refractivity contribution in [1.29, 1.82) is 0 Å². The maximum absolute atomic E-state index is 12.8. The first-order valence-corrected chi connectivity index (χ1v) is 7.65. The monoisotopic (exact) mass is 296 g/mol. The molecule has 2 aromatic rings. The van der Waals surface area contributed by atoms with Gasteiger partial charge in [0.05, 0.1) is 6.04 Å². The van der Waals surface area contributed by atoms with Gasteiger partial charge in [-0.05, 0) is 29.2 Å². The van der Waals surface area contributed by atoms with Gasteiger partial charge < -0.3 is 10.6 Å². The molecule has 0 aromatic heterocycles. The zero-order valence-corrected chi connectivity index (χ0v) is 13.5. The first-order valence-electron chi connectivity index (χ1n) is 7.65. The van der Waals surface area contributed by atoms with Crippen LogP contribution in [0.15, 0.2) is 54.6 Å². The third-order valence-corrected chi connectivity index (χ3v) is 3.95. The van der Waals surface area contributed by atoms with E-state index in [-0.39, 0.29) is 11.9 Å². The van der Waals surface area contributed by atoms with Crippen molar-refractivity contribution < 1.29 is 4.79 Å². The van der Waals surface area contributed by atoms with Gasteiger partial charge in [-0.2, -0.15) is 0 Å². The summed E-state index contributed by atoms with van der Waals surface area (Å²) in [6, 6.07) is 17.8. The fourth-order valence-corrected chi connectivity index (χ4v) is 2.82. The molecule has 0 spiro atoms. The summed E-state index contributed by atoms with van der Waals surface area (Å²) in [4.78, 5) is 14.6. The molecule has 2 aromatic carbocycles. The van der Waals surface area contributed by atoms with E-state index in [1.54, 1.807) is 0 Å². The zero-order valence-electron chi connectivity index (χ0n) is 13.5. The predicted molar refractivity (Wildman–Crippen MR) is 90.4 cm³/mol. The van der Waals surface area contributed by atoms with E-state index in [2.05, 4.69) is 26.0 Å². The molecule has 0 bridgehead atoms. The zero-order chi connectivity index (χ0) is 16.1. The number of nitrogens with zero attached hydrogens (tertiary/aromatic N) is 1. The van der Waals surface area contributed by atoms with Gasteiger partial charge in [0.2, 0.25) is 0 Å². The molecule has 0 aliphatic heterocycles. The Morgan fingerprint density at radius 2 is 1.64 bits per heavy atom. The van der Waals surface area contributed by atoms with E-state index in [1.165, 1.54) is 0 Å². The minimum Gasteiger partial charge on any atom is -0.334 e. The average Bonchev–Trinajstić information content (AvgIpc) is 2.55. The number of rotatable bonds is 5. The fourth-order valence-electron chi connectivity index (χ4n) is 2.82. The van der Waals surface area contributed by atoms with E-state index in [0.29, 0.717) is 18.0 Å². The lowest BCUT2D eigenvalue weighted by Gasteiger charge is -2.32. The van der Waals surface area contributed by atoms with E-state index in [0.717, 1.165) is 11.1 Å². The van der Waals surface area contributed by atoms with Crippen molar-refractivity contribution in [2.24, 2.45) is 11.7 Å². The number of carbonyl (C=O) groups is 1. The van der Waals surface area contributed by atoms with Crippen molar-refractivity contribution >= 4 is 5.91 Å². The lowest BCUT2D eigenvalue weighted by Crippen LogP contribution is -2.34. The first kappa shape index (κ1) is 16.2. The molecule has 3 nitrogen and oxygen atoms in total. The second-order valence-electron chi connectivity index (χ2n) is 5.92. The summed E-state index contributed by atoms with van der Waals surface area (Å²) in [7, 11) is 1.87. The van der Waals surface area contributed by atoms with Crippen LogP contribution in [0.5, 0.6) is 0 Å². The smallest absolute Gasteiger partial charge is 0.254 e. The molecule has 116 valence electrons. The lowest BCUT2D eigenvalue weighted by atomic mass is 9.94. The predicted octanol–water partition coefficient (Wildman–Crippen LogP) is 3.61. The van der Waals surface area contributed by atoms with Gasteiger partial charge in [0, 0.05) is 19.2 Å². The first-order chi connectivity index (χ1) is 10.5. The fraction of sp³-hybridized carbons (Fsp3) is 0.316. The molecule has 0 fully saturated rings. The van der Waals surface area contributed by atoms with Crippen LogP contribution in [0.2, 0.25) is 0 Å². The number of amides is 1. The summed E-state index contributed by atoms with van der Waals surface area (Å²) >= 11 is 0. The number of benzene rings is 2. The van der Waals surface area contributed by atoms with Gasteiger partial charge in [0.1, 0.15) is 0 Å². The van der Waals surface area contributed by atoms with Crippen LogP contribution >= 0.6 is 0 Å². The number of carbonyl (C=O) groups excluding carboxylic acids is 1. The molecule has 0 saturated heterocycles. The van der Waals surface area contributed by atoms with Gasteiger partial charge in [0.15, 0.2) is 0 Å². The van der Waals surface area contributed by atoms with Crippen LogP contribution in [0.25, 0.3) is 0 Å². The van der Waals surface area contributed by atoms with E-state index in [4.69, 9.17) is 5.73 Å². The van der Waals surface area contributed by atoms with Crippen LogP contribution in [-0.2, 0) is 6.54 Å². The van der Waals surface area contributed by atoms with E-state index in [9.17, 15) is 4.79 Å². The van der Waals surface area contributed by atoms with E-state index < -0.39 is 0 Å². The van der Waals surface area contributed by atoms with E-state index >= 15 is 0 Å². The molecular formula is C19H24N2O. The summed E-state index contributed by atoms with van der Waals surface area (Å²) in [6.07, 6.45) is 0. The van der Waals surface area contributed by atoms with Crippen molar-refractivity contribution in [2.45, 2.75) is 26.4 Å². The third kappa shape index (κ3) is 3.55. The highest BCUT2D eigenvalue weighted by atomic mass is 16.2. The lowest BCUT2D eigenvalue weighted by molar-refractivity contribution is 0.0687. The second kappa shape index (κ2) is 7.23. The molecule has 0 radical (unpaired) electrons. The van der Waals surface area contributed by atoms with Crippen LogP contribution in [-0.4, -0.2) is 17.9 Å². The van der Waals surface area contributed by atoms with Crippen LogP contribution in [0.1, 0.15) is 41.4 Å². The SMILES string of the molecule is CC(C)C(c1ccccc1)N(C)C(=O)c1ccc(CN)cc1. The Hall–Kier alpha value is -2.13. The highest BCUT2D eigenvalue weighted by Crippen LogP contribution is 2.28. The van der Waals surface area contributed by atoms with Crippen molar-refractivity contribution in [1.82, 2.24) is 4.90 Å². The third-order valence-electron chi connectivity index (χ3n) is 3.95. The molecule has 0 aliphatic rings. The Kier molecular flexibility index (Phi) is 5.34. The highest BCUT2D eigenvalue weighted by molar-refractivity contribution is 5.94. The van der Waals surface area contributed by atoms with Gasteiger partial charge in [-0.15, -0.1) is 0 Å². The Bertz CT molecular complexity index is 605. The van der Waals surface area contributed by atoms with Crippen LogP contribution in [0.3, 0.4) is 0 Å². The van der Waals surface area contributed by atoms with Crippen molar-refractivity contribution in [2.75, 3.05) is 7.05 Å². The van der Waals surface area contributed by atoms with Crippen molar-refractivity contribution in [3.8, 4) is 0 Å². The average molecular weight is 296 g/mol. The standard InChI is InChI=1S/C19H24N2O/c1-14(2)18(16-7-5-4-6-8-16)21(3)19(22)17-11-9-15(13-20)10-12-17/h4-12,14,18H,13,20H2,1-3H3. The van der Waals surface area contributed by atoms with Crippen LogP contribution in [0, 0.1) is 5.92 Å². The highest BCUT2D eigenvalue weighted by Gasteiger charge is 2.25. The van der Waals surface area contributed by atoms with Gasteiger partial charge in [-0.1, -0.05) is 56.3 Å². The maximum atomic E-state index is 12.8. The molecule has 1 unspecified atom stereocenters. The summed E-state index contributed by atoms with van der Waals surface area (Å²) in [6.45, 7) is 4.76. The Labute approximate surface area is 132 Å². The molecule has 0 heterocycles. The Morgan fingerprint density at radius 1 is 1.05 bits per heavy atom. The molecule has 3 heteroatoms. The Balaban J connectivity index is 2.26. The maximum Gasteiger partial charge on any atom is 0.254 e. The van der Waals surface area contributed by atoms with Crippen molar-refractivity contribution in [3.05, 3.63) is 71.3 Å². The Morgan fingerprint density at radius 3 is 2.14 bits per heavy atom. The minimum atomic E-state index is 0.0334. The molecule has 0 aliphatic carbocycles. The van der Waals surface area contributed by atoms with Crippen molar-refractivity contribution in [3.63, 3.8) is 0 Å². The molecule has 0 saturated carbocycles. The number of nitrogens with two attached hydrogens (primary N) is 1. The summed E-state index contributed by atoms with van der Waals surface area (Å²) in [5, 5.41) is 0. The summed E-state index contributed by atoms with van der Waals surface area (Å²) in [5.74, 6) is 0.366. The normalized spacial score (nSPS) is 12.2.